The van der Waals surface area contributed by atoms with E-state index in [1.165, 1.54) is 0 Å². The van der Waals surface area contributed by atoms with Gasteiger partial charge in [0.25, 0.3) is 5.91 Å². The van der Waals surface area contributed by atoms with E-state index in [0.29, 0.717) is 5.56 Å². The largest absolute Gasteiger partial charge is 0.481 e. The van der Waals surface area contributed by atoms with Crippen molar-refractivity contribution in [1.82, 2.24) is 5.32 Å². The fourth-order valence-electron chi connectivity index (χ4n) is 1.38. The van der Waals surface area contributed by atoms with E-state index in [1.54, 1.807) is 30.3 Å². The highest BCUT2D eigenvalue weighted by Crippen LogP contribution is 2.02. The third-order valence-corrected chi connectivity index (χ3v) is 2.33. The molecule has 0 spiro atoms. The molecule has 0 heterocycles. The standard InChI is InChI=1S/C12H14N2O4/c13-11(17)9(6-7-10(15)16)14-12(18)8-4-2-1-3-5-8/h1-5,9H,6-7H2,(H2,13,17)(H,14,18)(H,15,16). The molecule has 1 aromatic rings. The molecule has 0 aliphatic carbocycles. The minimum atomic E-state index is -1.05. The molecule has 1 rings (SSSR count). The number of nitrogens with two attached hydrogens (primary N) is 1. The van der Waals surface area contributed by atoms with Crippen LogP contribution < -0.4 is 11.1 Å². The second-order valence-corrected chi connectivity index (χ2v) is 3.73. The van der Waals surface area contributed by atoms with Gasteiger partial charge in [0.1, 0.15) is 6.04 Å². The first-order valence-corrected chi connectivity index (χ1v) is 5.37. The molecule has 0 aliphatic heterocycles. The van der Waals surface area contributed by atoms with Gasteiger partial charge in [0.2, 0.25) is 5.91 Å². The highest BCUT2D eigenvalue weighted by atomic mass is 16.4. The van der Waals surface area contributed by atoms with E-state index < -0.39 is 23.8 Å². The second-order valence-electron chi connectivity index (χ2n) is 3.73. The molecule has 0 saturated carbocycles. The predicted octanol–water partition coefficient (Wildman–Crippen LogP) is 0.135. The Morgan fingerprint density at radius 3 is 2.33 bits per heavy atom. The lowest BCUT2D eigenvalue weighted by atomic mass is 10.1. The molecule has 4 N–H and O–H groups in total. The van der Waals surface area contributed by atoms with Crippen LogP contribution in [0.2, 0.25) is 0 Å². The van der Waals surface area contributed by atoms with Gasteiger partial charge in [0, 0.05) is 12.0 Å². The SMILES string of the molecule is NC(=O)C(CCC(=O)O)NC(=O)c1ccccc1. The average Bonchev–Trinajstić information content (AvgIpc) is 2.34. The number of primary amides is 1. The van der Waals surface area contributed by atoms with Crippen molar-refractivity contribution in [3.05, 3.63) is 35.9 Å². The lowest BCUT2D eigenvalue weighted by Gasteiger charge is -2.14. The Balaban J connectivity index is 2.64. The Labute approximate surface area is 104 Å². The normalized spacial score (nSPS) is 11.6. The van der Waals surface area contributed by atoms with Crippen LogP contribution in [-0.2, 0) is 9.59 Å². The molecule has 1 aromatic carbocycles. The van der Waals surface area contributed by atoms with Gasteiger partial charge in [-0.25, -0.2) is 0 Å². The summed E-state index contributed by atoms with van der Waals surface area (Å²) >= 11 is 0. The number of carbonyl (C=O) groups is 3. The van der Waals surface area contributed by atoms with E-state index in [2.05, 4.69) is 5.32 Å². The number of rotatable bonds is 6. The van der Waals surface area contributed by atoms with Gasteiger partial charge in [-0.1, -0.05) is 18.2 Å². The first-order chi connectivity index (χ1) is 8.50. The second kappa shape index (κ2) is 6.39. The number of hydrogen-bond acceptors (Lipinski definition) is 3. The maximum Gasteiger partial charge on any atom is 0.303 e. The summed E-state index contributed by atoms with van der Waals surface area (Å²) in [5, 5.41) is 10.9. The summed E-state index contributed by atoms with van der Waals surface area (Å²) in [7, 11) is 0. The first-order valence-electron chi connectivity index (χ1n) is 5.37. The van der Waals surface area contributed by atoms with Crippen LogP contribution in [0.15, 0.2) is 30.3 Å². The summed E-state index contributed by atoms with van der Waals surface area (Å²) in [5.74, 6) is -2.25. The molecule has 18 heavy (non-hydrogen) atoms. The molecule has 96 valence electrons. The van der Waals surface area contributed by atoms with Crippen molar-refractivity contribution in [1.29, 1.82) is 0 Å². The maximum absolute atomic E-state index is 11.7. The molecular weight excluding hydrogens is 236 g/mol. The van der Waals surface area contributed by atoms with Crippen LogP contribution in [0.4, 0.5) is 0 Å². The van der Waals surface area contributed by atoms with E-state index in [9.17, 15) is 14.4 Å². The van der Waals surface area contributed by atoms with Crippen LogP contribution in [0.25, 0.3) is 0 Å². The Morgan fingerprint density at radius 2 is 1.83 bits per heavy atom. The van der Waals surface area contributed by atoms with Crippen LogP contribution in [0.5, 0.6) is 0 Å². The molecule has 1 unspecified atom stereocenters. The number of aliphatic carboxylic acids is 1. The number of benzene rings is 1. The average molecular weight is 250 g/mol. The van der Waals surface area contributed by atoms with Crippen LogP contribution in [-0.4, -0.2) is 28.9 Å². The molecule has 0 radical (unpaired) electrons. The number of carboxylic acid groups (broad SMARTS) is 1. The van der Waals surface area contributed by atoms with Gasteiger partial charge in [0.05, 0.1) is 0 Å². The highest BCUT2D eigenvalue weighted by molar-refractivity contribution is 5.97. The summed E-state index contributed by atoms with van der Waals surface area (Å²) in [6.07, 6.45) is -0.258. The van der Waals surface area contributed by atoms with Crippen molar-refractivity contribution in [2.24, 2.45) is 5.73 Å². The molecule has 1 atom stereocenters. The summed E-state index contributed by atoms with van der Waals surface area (Å²) in [6.45, 7) is 0. The molecule has 0 bridgehead atoms. The van der Waals surface area contributed by atoms with E-state index >= 15 is 0 Å². The Morgan fingerprint density at radius 1 is 1.22 bits per heavy atom. The molecule has 0 aromatic heterocycles. The van der Waals surface area contributed by atoms with Crippen molar-refractivity contribution in [3.8, 4) is 0 Å². The van der Waals surface area contributed by atoms with E-state index in [-0.39, 0.29) is 12.8 Å². The zero-order chi connectivity index (χ0) is 13.5. The van der Waals surface area contributed by atoms with Crippen molar-refractivity contribution in [3.63, 3.8) is 0 Å². The highest BCUT2D eigenvalue weighted by Gasteiger charge is 2.19. The quantitative estimate of drug-likeness (QED) is 0.666. The molecule has 6 nitrogen and oxygen atoms in total. The fraction of sp³-hybridized carbons (Fsp3) is 0.250. The molecule has 0 fully saturated rings. The van der Waals surface area contributed by atoms with Gasteiger partial charge < -0.3 is 16.2 Å². The minimum Gasteiger partial charge on any atom is -0.481 e. The summed E-state index contributed by atoms with van der Waals surface area (Å²) in [4.78, 5) is 33.2. The topological polar surface area (TPSA) is 109 Å². The summed E-state index contributed by atoms with van der Waals surface area (Å²) in [5.41, 5.74) is 5.49. The zero-order valence-electron chi connectivity index (χ0n) is 9.63. The van der Waals surface area contributed by atoms with Gasteiger partial charge in [0.15, 0.2) is 0 Å². The van der Waals surface area contributed by atoms with E-state index in [1.807, 2.05) is 0 Å². The molecule has 0 saturated heterocycles. The lowest BCUT2D eigenvalue weighted by molar-refractivity contribution is -0.137. The zero-order valence-corrected chi connectivity index (χ0v) is 9.63. The third-order valence-electron chi connectivity index (χ3n) is 2.33. The Hall–Kier alpha value is -2.37. The smallest absolute Gasteiger partial charge is 0.303 e. The number of carboxylic acids is 1. The van der Waals surface area contributed by atoms with Crippen LogP contribution in [0.3, 0.4) is 0 Å². The molecular formula is C12H14N2O4. The van der Waals surface area contributed by atoms with E-state index in [4.69, 9.17) is 10.8 Å². The maximum atomic E-state index is 11.7. The van der Waals surface area contributed by atoms with Gasteiger partial charge in [-0.15, -0.1) is 0 Å². The van der Waals surface area contributed by atoms with Crippen molar-refractivity contribution in [2.75, 3.05) is 0 Å². The number of carbonyl (C=O) groups excluding carboxylic acids is 2. The molecule has 2 amide bonds. The van der Waals surface area contributed by atoms with Crippen LogP contribution in [0, 0.1) is 0 Å². The Bertz CT molecular complexity index is 445. The third kappa shape index (κ3) is 4.25. The molecule has 6 heteroatoms. The summed E-state index contributed by atoms with van der Waals surface area (Å²) < 4.78 is 0. The van der Waals surface area contributed by atoms with Gasteiger partial charge in [-0.2, -0.15) is 0 Å². The van der Waals surface area contributed by atoms with E-state index in [0.717, 1.165) is 0 Å². The van der Waals surface area contributed by atoms with Crippen LogP contribution in [0.1, 0.15) is 23.2 Å². The van der Waals surface area contributed by atoms with Gasteiger partial charge in [-0.05, 0) is 18.6 Å². The van der Waals surface area contributed by atoms with Crippen molar-refractivity contribution < 1.29 is 19.5 Å². The number of hydrogen-bond donors (Lipinski definition) is 3. The van der Waals surface area contributed by atoms with Gasteiger partial charge in [-0.3, -0.25) is 14.4 Å². The fourth-order valence-corrected chi connectivity index (χ4v) is 1.38. The van der Waals surface area contributed by atoms with Gasteiger partial charge >= 0.3 is 5.97 Å². The number of amides is 2. The minimum absolute atomic E-state index is 0.0246. The van der Waals surface area contributed by atoms with Crippen LogP contribution >= 0.6 is 0 Å². The van der Waals surface area contributed by atoms with Crippen molar-refractivity contribution in [2.45, 2.75) is 18.9 Å². The predicted molar refractivity (Wildman–Crippen MR) is 63.8 cm³/mol. The number of nitrogens with one attached hydrogen (secondary N) is 1. The Kier molecular flexibility index (Phi) is 4.86. The first kappa shape index (κ1) is 13.7. The van der Waals surface area contributed by atoms with Crippen molar-refractivity contribution >= 4 is 17.8 Å². The summed E-state index contributed by atoms with van der Waals surface area (Å²) in [6, 6.07) is 7.33. The monoisotopic (exact) mass is 250 g/mol. The molecule has 0 aliphatic rings. The lowest BCUT2D eigenvalue weighted by Crippen LogP contribution is -2.44.